The average molecular weight is 331 g/mol. The molecular formula is C18H18FNO4. The van der Waals surface area contributed by atoms with Crippen molar-refractivity contribution in [2.45, 2.75) is 13.5 Å². The monoisotopic (exact) mass is 331 g/mol. The molecule has 1 amide bonds. The van der Waals surface area contributed by atoms with Crippen LogP contribution in [0.1, 0.15) is 21.5 Å². The van der Waals surface area contributed by atoms with E-state index in [9.17, 15) is 19.1 Å². The number of aromatic hydroxyl groups is 1. The molecule has 5 nitrogen and oxygen atoms in total. The maximum absolute atomic E-state index is 13.6. The van der Waals surface area contributed by atoms with Crippen LogP contribution in [0.25, 0.3) is 0 Å². The Labute approximate surface area is 139 Å². The van der Waals surface area contributed by atoms with Gasteiger partial charge in [-0.2, -0.15) is 0 Å². The topological polar surface area (TPSA) is 66.8 Å². The van der Waals surface area contributed by atoms with Gasteiger partial charge in [-0.3, -0.25) is 4.79 Å². The summed E-state index contributed by atoms with van der Waals surface area (Å²) >= 11 is 0. The Morgan fingerprint density at radius 1 is 1.21 bits per heavy atom. The lowest BCUT2D eigenvalue weighted by molar-refractivity contribution is -0.133. The van der Waals surface area contributed by atoms with Gasteiger partial charge in [-0.25, -0.2) is 9.18 Å². The summed E-state index contributed by atoms with van der Waals surface area (Å²) in [5.41, 5.74) is 1.16. The summed E-state index contributed by atoms with van der Waals surface area (Å²) in [6, 6.07) is 10.7. The molecule has 0 saturated carbocycles. The van der Waals surface area contributed by atoms with Crippen LogP contribution in [0.4, 0.5) is 4.39 Å². The number of aryl methyl sites for hydroxylation is 1. The van der Waals surface area contributed by atoms with Crippen molar-refractivity contribution in [3.8, 4) is 5.75 Å². The van der Waals surface area contributed by atoms with E-state index in [0.29, 0.717) is 5.56 Å². The molecule has 0 spiro atoms. The van der Waals surface area contributed by atoms with E-state index >= 15 is 0 Å². The van der Waals surface area contributed by atoms with Crippen molar-refractivity contribution in [3.63, 3.8) is 0 Å². The number of hydrogen-bond donors (Lipinski definition) is 1. The highest BCUT2D eigenvalue weighted by Gasteiger charge is 2.17. The van der Waals surface area contributed by atoms with Gasteiger partial charge in [0.05, 0.1) is 0 Å². The average Bonchev–Trinajstić information content (AvgIpc) is 2.54. The summed E-state index contributed by atoms with van der Waals surface area (Å²) < 4.78 is 18.5. The minimum atomic E-state index is -0.792. The second kappa shape index (κ2) is 7.59. The molecule has 2 aromatic rings. The smallest absolute Gasteiger partial charge is 0.342 e. The molecule has 0 aliphatic carbocycles. The second-order valence-electron chi connectivity index (χ2n) is 5.44. The second-order valence-corrected chi connectivity index (χ2v) is 5.44. The van der Waals surface area contributed by atoms with Crippen molar-refractivity contribution in [1.82, 2.24) is 4.90 Å². The molecule has 1 N–H and O–H groups in total. The van der Waals surface area contributed by atoms with Gasteiger partial charge >= 0.3 is 5.97 Å². The molecular weight excluding hydrogens is 313 g/mol. The fourth-order valence-corrected chi connectivity index (χ4v) is 2.10. The van der Waals surface area contributed by atoms with Crippen LogP contribution in [0.15, 0.2) is 42.5 Å². The lowest BCUT2D eigenvalue weighted by atomic mass is 10.1. The normalized spacial score (nSPS) is 10.3. The van der Waals surface area contributed by atoms with Crippen LogP contribution >= 0.6 is 0 Å². The van der Waals surface area contributed by atoms with Gasteiger partial charge in [0.25, 0.3) is 5.91 Å². The number of phenolic OH excluding ortho intramolecular Hbond substituents is 1. The fraction of sp³-hybridized carbons (Fsp3) is 0.222. The minimum Gasteiger partial charge on any atom is -0.507 e. The number of carbonyl (C=O) groups is 2. The van der Waals surface area contributed by atoms with Gasteiger partial charge in [0.2, 0.25) is 0 Å². The number of rotatable bonds is 5. The van der Waals surface area contributed by atoms with Crippen LogP contribution in [0.3, 0.4) is 0 Å². The molecule has 0 heterocycles. The van der Waals surface area contributed by atoms with Gasteiger partial charge in [-0.15, -0.1) is 0 Å². The van der Waals surface area contributed by atoms with E-state index in [4.69, 9.17) is 4.74 Å². The largest absolute Gasteiger partial charge is 0.507 e. The lowest BCUT2D eigenvalue weighted by Crippen LogP contribution is -2.31. The Hall–Kier alpha value is -2.89. The quantitative estimate of drug-likeness (QED) is 0.856. The molecule has 0 fully saturated rings. The molecule has 0 saturated heterocycles. The number of nitrogens with zero attached hydrogens (tertiary/aromatic N) is 1. The number of phenols is 1. The first-order chi connectivity index (χ1) is 11.4. The number of carbonyl (C=O) groups excluding carboxylic acids is 2. The summed E-state index contributed by atoms with van der Waals surface area (Å²) in [6.07, 6.45) is 0. The van der Waals surface area contributed by atoms with Crippen LogP contribution in [-0.4, -0.2) is 35.5 Å². The third kappa shape index (κ3) is 4.32. The first-order valence-corrected chi connectivity index (χ1v) is 7.32. The summed E-state index contributed by atoms with van der Waals surface area (Å²) in [5, 5.41) is 9.72. The van der Waals surface area contributed by atoms with Gasteiger partial charge in [0, 0.05) is 19.2 Å². The zero-order valence-corrected chi connectivity index (χ0v) is 13.5. The predicted molar refractivity (Wildman–Crippen MR) is 86.0 cm³/mol. The van der Waals surface area contributed by atoms with Gasteiger partial charge in [0.15, 0.2) is 6.61 Å². The van der Waals surface area contributed by atoms with Gasteiger partial charge in [0.1, 0.15) is 17.1 Å². The summed E-state index contributed by atoms with van der Waals surface area (Å²) in [6.45, 7) is 1.35. The van der Waals surface area contributed by atoms with Crippen LogP contribution in [0.5, 0.6) is 5.75 Å². The number of hydrogen-bond acceptors (Lipinski definition) is 4. The van der Waals surface area contributed by atoms with E-state index in [1.54, 1.807) is 31.2 Å². The van der Waals surface area contributed by atoms with E-state index in [-0.39, 0.29) is 17.9 Å². The fourth-order valence-electron chi connectivity index (χ4n) is 2.10. The summed E-state index contributed by atoms with van der Waals surface area (Å²) in [4.78, 5) is 25.2. The number of ether oxygens (including phenoxy) is 1. The molecule has 0 radical (unpaired) electrons. The number of amides is 1. The highest BCUT2D eigenvalue weighted by Crippen LogP contribution is 2.19. The third-order valence-electron chi connectivity index (χ3n) is 3.49. The zero-order valence-electron chi connectivity index (χ0n) is 13.5. The third-order valence-corrected chi connectivity index (χ3v) is 3.49. The molecule has 0 atom stereocenters. The Morgan fingerprint density at radius 3 is 2.58 bits per heavy atom. The van der Waals surface area contributed by atoms with Crippen LogP contribution < -0.4 is 0 Å². The van der Waals surface area contributed by atoms with Crippen LogP contribution in [0.2, 0.25) is 0 Å². The molecule has 6 heteroatoms. The Morgan fingerprint density at radius 2 is 1.92 bits per heavy atom. The van der Waals surface area contributed by atoms with E-state index in [1.807, 2.05) is 0 Å². The van der Waals surface area contributed by atoms with Crippen LogP contribution in [0, 0.1) is 12.7 Å². The Bertz CT molecular complexity index is 760. The number of esters is 1. The van der Waals surface area contributed by atoms with Crippen molar-refractivity contribution in [2.75, 3.05) is 13.7 Å². The number of benzene rings is 2. The molecule has 0 aliphatic heterocycles. The first-order valence-electron chi connectivity index (χ1n) is 7.32. The van der Waals surface area contributed by atoms with Crippen molar-refractivity contribution >= 4 is 11.9 Å². The highest BCUT2D eigenvalue weighted by atomic mass is 19.1. The van der Waals surface area contributed by atoms with Gasteiger partial charge in [-0.05, 0) is 30.7 Å². The molecule has 0 unspecified atom stereocenters. The maximum Gasteiger partial charge on any atom is 0.342 e. The van der Waals surface area contributed by atoms with Crippen molar-refractivity contribution in [3.05, 3.63) is 65.0 Å². The van der Waals surface area contributed by atoms with Crippen molar-refractivity contribution < 1.29 is 23.8 Å². The molecule has 0 aromatic heterocycles. The maximum atomic E-state index is 13.6. The van der Waals surface area contributed by atoms with E-state index < -0.39 is 24.3 Å². The molecule has 126 valence electrons. The van der Waals surface area contributed by atoms with Crippen molar-refractivity contribution in [1.29, 1.82) is 0 Å². The predicted octanol–water partition coefficient (Wildman–Crippen LogP) is 2.66. The standard InChI is InChI=1S/C18H18FNO4/c1-12-7-8-14(16(21)9-12)18(23)24-11-17(22)20(2)10-13-5-3-4-6-15(13)19/h3-9,21H,10-11H2,1-2H3. The van der Waals surface area contributed by atoms with Gasteiger partial charge in [-0.1, -0.05) is 24.3 Å². The molecule has 2 rings (SSSR count). The van der Waals surface area contributed by atoms with Gasteiger partial charge < -0.3 is 14.7 Å². The molecule has 0 aliphatic rings. The molecule has 0 bridgehead atoms. The summed E-state index contributed by atoms with van der Waals surface area (Å²) in [7, 11) is 1.49. The molecule has 24 heavy (non-hydrogen) atoms. The van der Waals surface area contributed by atoms with Crippen molar-refractivity contribution in [2.24, 2.45) is 0 Å². The first kappa shape index (κ1) is 17.5. The van der Waals surface area contributed by atoms with E-state index in [0.717, 1.165) is 5.56 Å². The Balaban J connectivity index is 1.92. The zero-order chi connectivity index (χ0) is 17.7. The highest BCUT2D eigenvalue weighted by molar-refractivity contribution is 5.93. The van der Waals surface area contributed by atoms with E-state index in [2.05, 4.69) is 0 Å². The number of likely N-dealkylation sites (N-methyl/N-ethyl adjacent to an activating group) is 1. The lowest BCUT2D eigenvalue weighted by Gasteiger charge is -2.17. The molecule has 2 aromatic carbocycles. The van der Waals surface area contributed by atoms with Crippen LogP contribution in [-0.2, 0) is 16.1 Å². The Kier molecular flexibility index (Phi) is 5.52. The van der Waals surface area contributed by atoms with E-state index in [1.165, 1.54) is 30.1 Å². The summed E-state index contributed by atoms with van der Waals surface area (Å²) in [5.74, 6) is -1.87. The minimum absolute atomic E-state index is 0.00911. The number of halogens is 1. The SMILES string of the molecule is Cc1ccc(C(=O)OCC(=O)N(C)Cc2ccccc2F)c(O)c1.